The number of likely N-dealkylation sites (N-methyl/N-ethyl adjacent to an activating group) is 1. The Balaban J connectivity index is 2.04. The topological polar surface area (TPSA) is 182 Å². The highest BCUT2D eigenvalue weighted by atomic mass is 32.2. The molecular weight excluding hydrogens is 488 g/mol. The van der Waals surface area contributed by atoms with Crippen molar-refractivity contribution < 1.29 is 39.9 Å². The van der Waals surface area contributed by atoms with Gasteiger partial charge in [-0.05, 0) is 31.0 Å². The van der Waals surface area contributed by atoms with Gasteiger partial charge in [-0.2, -0.15) is 11.8 Å². The van der Waals surface area contributed by atoms with Gasteiger partial charge < -0.3 is 31.3 Å². The standard InChI is InChI=1S/C25H30N2O8S/c1-9(2)36-8-11-10-6-5-7-12(28)13(10)19(29)15-14(11)20(30)17-18(27(3)4)21(31)16(24(26)34)23(33)25(17,35)22(15)32/h5-7,9,11,14,17-18,20,28-30,33,35H,8H2,1-4H3,(H2,26,34)/t11?,14-,17-,18+,20+,25+/m1/s1. The number of phenols is 1. The van der Waals surface area contributed by atoms with Gasteiger partial charge in [-0.25, -0.2) is 0 Å². The number of Topliss-reactive ketones (excluding diaryl/α,β-unsaturated/α-hetero) is 2. The van der Waals surface area contributed by atoms with Gasteiger partial charge >= 0.3 is 0 Å². The summed E-state index contributed by atoms with van der Waals surface area (Å²) in [5.74, 6) is -8.44. The Kier molecular flexibility index (Phi) is 6.49. The maximum atomic E-state index is 14.0. The molecule has 0 aromatic heterocycles. The van der Waals surface area contributed by atoms with E-state index in [4.69, 9.17) is 5.73 Å². The van der Waals surface area contributed by atoms with Gasteiger partial charge in [-0.3, -0.25) is 19.3 Å². The molecular formula is C25H30N2O8S. The monoisotopic (exact) mass is 518 g/mol. The molecule has 10 nitrogen and oxygen atoms in total. The fraction of sp³-hybridized carbons (Fsp3) is 0.480. The summed E-state index contributed by atoms with van der Waals surface area (Å²) in [6.45, 7) is 3.95. The third-order valence-corrected chi connectivity index (χ3v) is 8.63. The zero-order valence-electron chi connectivity index (χ0n) is 20.3. The number of nitrogens with zero attached hydrogens (tertiary/aromatic N) is 1. The Hall–Kier alpha value is -2.86. The van der Waals surface area contributed by atoms with E-state index in [1.54, 1.807) is 23.9 Å². The lowest BCUT2D eigenvalue weighted by atomic mass is 9.54. The molecule has 11 heteroatoms. The van der Waals surface area contributed by atoms with Crippen LogP contribution in [0.1, 0.15) is 30.9 Å². The number of carbonyl (C=O) groups is 3. The van der Waals surface area contributed by atoms with Crippen molar-refractivity contribution in [2.75, 3.05) is 19.8 Å². The summed E-state index contributed by atoms with van der Waals surface area (Å²) in [4.78, 5) is 40.7. The summed E-state index contributed by atoms with van der Waals surface area (Å²) >= 11 is 1.54. The number of phenolic OH excluding ortho intramolecular Hbond substituents is 1. The molecule has 1 unspecified atom stereocenters. The van der Waals surface area contributed by atoms with E-state index in [1.165, 1.54) is 25.1 Å². The maximum absolute atomic E-state index is 14.0. The lowest BCUT2D eigenvalue weighted by Crippen LogP contribution is -2.70. The first-order valence-corrected chi connectivity index (χ1v) is 12.6. The highest BCUT2D eigenvalue weighted by molar-refractivity contribution is 7.99. The minimum atomic E-state index is -2.91. The summed E-state index contributed by atoms with van der Waals surface area (Å²) in [5.41, 5.74) is 1.60. The van der Waals surface area contributed by atoms with Crippen LogP contribution < -0.4 is 5.73 Å². The van der Waals surface area contributed by atoms with E-state index < -0.39 is 70.1 Å². The minimum absolute atomic E-state index is 0.00431. The zero-order valence-corrected chi connectivity index (χ0v) is 21.1. The molecule has 3 aliphatic rings. The molecule has 7 N–H and O–H groups in total. The molecule has 3 aliphatic carbocycles. The first-order valence-electron chi connectivity index (χ1n) is 11.5. The van der Waals surface area contributed by atoms with Crippen LogP contribution in [0.15, 0.2) is 35.1 Å². The van der Waals surface area contributed by atoms with Crippen LogP contribution in [0.4, 0.5) is 0 Å². The van der Waals surface area contributed by atoms with Crippen molar-refractivity contribution in [1.29, 1.82) is 0 Å². The normalized spacial score (nSPS) is 32.1. The van der Waals surface area contributed by atoms with Crippen LogP contribution in [0.5, 0.6) is 5.75 Å². The number of rotatable bonds is 5. The van der Waals surface area contributed by atoms with E-state index in [0.717, 1.165) is 0 Å². The van der Waals surface area contributed by atoms with Gasteiger partial charge in [0.1, 0.15) is 22.8 Å². The van der Waals surface area contributed by atoms with Gasteiger partial charge in [0, 0.05) is 23.2 Å². The van der Waals surface area contributed by atoms with E-state index in [1.807, 2.05) is 13.8 Å². The molecule has 1 fully saturated rings. The Labute approximate surface area is 212 Å². The minimum Gasteiger partial charge on any atom is -0.508 e. The van der Waals surface area contributed by atoms with Crippen molar-refractivity contribution in [2.24, 2.45) is 17.6 Å². The van der Waals surface area contributed by atoms with Gasteiger partial charge in [-0.15, -0.1) is 0 Å². The van der Waals surface area contributed by atoms with Crippen LogP contribution in [-0.4, -0.2) is 90.8 Å². The average molecular weight is 519 g/mol. The summed E-state index contributed by atoms with van der Waals surface area (Å²) in [6, 6.07) is 3.24. The number of amides is 1. The van der Waals surface area contributed by atoms with Gasteiger partial charge in [0.25, 0.3) is 5.91 Å². The Morgan fingerprint density at radius 3 is 2.39 bits per heavy atom. The molecule has 0 aliphatic heterocycles. The van der Waals surface area contributed by atoms with E-state index >= 15 is 0 Å². The molecule has 1 amide bonds. The SMILES string of the molecule is CC(C)SCC1c2cccc(O)c2C(O)=C2C(=O)[C@]3(O)C(O)=C(C(N)=O)C(=O)[C@@H](N(C)C)[C@@H]3[C@@H](O)[C@@H]21. The van der Waals surface area contributed by atoms with Crippen molar-refractivity contribution in [2.45, 2.75) is 42.8 Å². The molecule has 1 aromatic rings. The van der Waals surface area contributed by atoms with Crippen molar-refractivity contribution in [1.82, 2.24) is 4.90 Å². The number of nitrogens with two attached hydrogens (primary N) is 1. The second kappa shape index (κ2) is 8.91. The average Bonchev–Trinajstić information content (AvgIpc) is 2.78. The lowest BCUT2D eigenvalue weighted by Gasteiger charge is -2.54. The first kappa shape index (κ1) is 26.2. The van der Waals surface area contributed by atoms with Crippen molar-refractivity contribution in [3.63, 3.8) is 0 Å². The number of hydrogen-bond donors (Lipinski definition) is 6. The fourth-order valence-electron chi connectivity index (χ4n) is 5.89. The number of benzene rings is 1. The number of thioether (sulfide) groups is 1. The molecule has 1 saturated carbocycles. The lowest BCUT2D eigenvalue weighted by molar-refractivity contribution is -0.169. The summed E-state index contributed by atoms with van der Waals surface area (Å²) in [7, 11) is 2.95. The Morgan fingerprint density at radius 2 is 1.83 bits per heavy atom. The molecule has 1 aromatic carbocycles. The molecule has 0 spiro atoms. The number of fused-ring (bicyclic) bond motifs is 3. The number of aromatic hydroxyl groups is 1. The molecule has 0 bridgehead atoms. The molecule has 194 valence electrons. The molecule has 4 rings (SSSR count). The second-order valence-electron chi connectivity index (χ2n) is 9.99. The van der Waals surface area contributed by atoms with Gasteiger partial charge in [0.15, 0.2) is 11.4 Å². The van der Waals surface area contributed by atoms with Crippen molar-refractivity contribution in [3.8, 4) is 5.75 Å². The third-order valence-electron chi connectivity index (χ3n) is 7.41. The molecule has 0 heterocycles. The fourth-order valence-corrected chi connectivity index (χ4v) is 6.87. The number of ketones is 2. The third kappa shape index (κ3) is 3.48. The van der Waals surface area contributed by atoms with Crippen LogP contribution in [0.25, 0.3) is 5.76 Å². The quantitative estimate of drug-likeness (QED) is 0.302. The van der Waals surface area contributed by atoms with E-state index in [9.17, 15) is 39.9 Å². The predicted octanol–water partition coefficient (Wildman–Crippen LogP) is 0.618. The predicted molar refractivity (Wildman–Crippen MR) is 132 cm³/mol. The zero-order chi connectivity index (χ0) is 26.9. The van der Waals surface area contributed by atoms with Crippen molar-refractivity contribution >= 4 is 35.0 Å². The van der Waals surface area contributed by atoms with E-state index in [0.29, 0.717) is 11.3 Å². The number of primary amides is 1. The summed E-state index contributed by atoms with van der Waals surface area (Å²) in [5, 5.41) is 56.4. The summed E-state index contributed by atoms with van der Waals surface area (Å²) in [6.07, 6.45) is -1.61. The van der Waals surface area contributed by atoms with Crippen LogP contribution >= 0.6 is 11.8 Å². The number of carbonyl (C=O) groups excluding carboxylic acids is 3. The highest BCUT2D eigenvalue weighted by Gasteiger charge is 2.68. The number of hydrogen-bond acceptors (Lipinski definition) is 10. The molecule has 0 radical (unpaired) electrons. The first-order chi connectivity index (χ1) is 16.8. The van der Waals surface area contributed by atoms with Gasteiger partial charge in [0.2, 0.25) is 5.78 Å². The number of aliphatic hydroxyl groups is 4. The van der Waals surface area contributed by atoms with Gasteiger partial charge in [-0.1, -0.05) is 26.0 Å². The van der Waals surface area contributed by atoms with Crippen molar-refractivity contribution in [3.05, 3.63) is 46.2 Å². The maximum Gasteiger partial charge on any atom is 0.255 e. The van der Waals surface area contributed by atoms with Crippen LogP contribution in [0.2, 0.25) is 0 Å². The molecule has 36 heavy (non-hydrogen) atoms. The number of aliphatic hydroxyl groups excluding tert-OH is 3. The molecule has 6 atom stereocenters. The summed E-state index contributed by atoms with van der Waals surface area (Å²) < 4.78 is 0. The largest absolute Gasteiger partial charge is 0.508 e. The molecule has 0 saturated heterocycles. The highest BCUT2D eigenvalue weighted by Crippen LogP contribution is 2.56. The van der Waals surface area contributed by atoms with Gasteiger partial charge in [0.05, 0.1) is 23.6 Å². The Bertz CT molecular complexity index is 1220. The van der Waals surface area contributed by atoms with Crippen LogP contribution in [-0.2, 0) is 14.4 Å². The van der Waals surface area contributed by atoms with Crippen LogP contribution in [0, 0.1) is 11.8 Å². The second-order valence-corrected chi connectivity index (χ2v) is 11.6. The Morgan fingerprint density at radius 1 is 1.19 bits per heavy atom. The van der Waals surface area contributed by atoms with E-state index in [2.05, 4.69) is 0 Å². The smallest absolute Gasteiger partial charge is 0.255 e. The van der Waals surface area contributed by atoms with Crippen LogP contribution in [0.3, 0.4) is 0 Å². The van der Waals surface area contributed by atoms with E-state index in [-0.39, 0.29) is 22.1 Å².